The maximum atomic E-state index is 4.09. The monoisotopic (exact) mass is 260 g/mol. The highest BCUT2D eigenvalue weighted by Crippen LogP contribution is 2.04. The summed E-state index contributed by atoms with van der Waals surface area (Å²) in [6, 6.07) is 5.74. The van der Waals surface area contributed by atoms with E-state index in [1.54, 1.807) is 6.20 Å². The summed E-state index contributed by atoms with van der Waals surface area (Å²) >= 11 is 2.25. The number of hydrogen-bond acceptors (Lipinski definition) is 2. The van der Waals surface area contributed by atoms with E-state index in [9.17, 15) is 0 Å². The summed E-state index contributed by atoms with van der Waals surface area (Å²) in [5.41, 5.74) is 0.976. The SMILES string of the molecule is C=C(CI)Nc1ccccn1. The van der Waals surface area contributed by atoms with Crippen molar-refractivity contribution in [1.29, 1.82) is 0 Å². The van der Waals surface area contributed by atoms with Crippen molar-refractivity contribution in [2.24, 2.45) is 0 Å². The summed E-state index contributed by atoms with van der Waals surface area (Å²) in [6.07, 6.45) is 1.75. The summed E-state index contributed by atoms with van der Waals surface area (Å²) in [6.45, 7) is 3.81. The third-order valence-corrected chi connectivity index (χ3v) is 2.05. The molecule has 1 heterocycles. The molecule has 0 radical (unpaired) electrons. The minimum atomic E-state index is 0.856. The van der Waals surface area contributed by atoms with Gasteiger partial charge in [0.05, 0.1) is 0 Å². The van der Waals surface area contributed by atoms with Crippen LogP contribution in [0.25, 0.3) is 0 Å². The first kappa shape index (κ1) is 8.52. The van der Waals surface area contributed by atoms with Gasteiger partial charge in [0.15, 0.2) is 0 Å². The van der Waals surface area contributed by atoms with Gasteiger partial charge in [-0.15, -0.1) is 0 Å². The third kappa shape index (κ3) is 2.88. The first-order valence-corrected chi connectivity index (χ1v) is 4.77. The molecule has 0 saturated carbocycles. The van der Waals surface area contributed by atoms with E-state index in [1.807, 2.05) is 18.2 Å². The van der Waals surface area contributed by atoms with Crippen LogP contribution in [0.2, 0.25) is 0 Å². The number of nitrogens with zero attached hydrogens (tertiary/aromatic N) is 1. The molecular weight excluding hydrogens is 251 g/mol. The van der Waals surface area contributed by atoms with Crippen LogP contribution >= 0.6 is 22.6 Å². The van der Waals surface area contributed by atoms with E-state index in [0.717, 1.165) is 15.9 Å². The van der Waals surface area contributed by atoms with Crippen LogP contribution in [0.5, 0.6) is 0 Å². The highest BCUT2D eigenvalue weighted by atomic mass is 127. The molecule has 1 N–H and O–H groups in total. The van der Waals surface area contributed by atoms with Crippen LogP contribution in [0.4, 0.5) is 5.82 Å². The highest BCUT2D eigenvalue weighted by Gasteiger charge is 1.91. The van der Waals surface area contributed by atoms with Gasteiger partial charge < -0.3 is 5.32 Å². The van der Waals surface area contributed by atoms with Gasteiger partial charge in [-0.2, -0.15) is 0 Å². The largest absolute Gasteiger partial charge is 0.344 e. The number of halogens is 1. The number of aromatic nitrogens is 1. The molecule has 3 heteroatoms. The van der Waals surface area contributed by atoms with Crippen molar-refractivity contribution in [1.82, 2.24) is 4.98 Å². The second kappa shape index (κ2) is 4.33. The van der Waals surface area contributed by atoms with Gasteiger partial charge in [0.25, 0.3) is 0 Å². The molecule has 0 aliphatic rings. The van der Waals surface area contributed by atoms with Gasteiger partial charge in [-0.3, -0.25) is 0 Å². The number of alkyl halides is 1. The topological polar surface area (TPSA) is 24.9 Å². The standard InChI is InChI=1S/C8H9IN2/c1-7(6-9)11-8-4-2-3-5-10-8/h2-5H,1,6H2,(H,10,11). The molecule has 2 nitrogen and oxygen atoms in total. The minimum Gasteiger partial charge on any atom is -0.344 e. The van der Waals surface area contributed by atoms with Crippen LogP contribution < -0.4 is 5.32 Å². The molecule has 0 amide bonds. The van der Waals surface area contributed by atoms with Gasteiger partial charge in [0.1, 0.15) is 5.82 Å². The predicted molar refractivity (Wildman–Crippen MR) is 55.9 cm³/mol. The Labute approximate surface area is 79.9 Å². The average Bonchev–Trinajstić information content (AvgIpc) is 2.06. The zero-order valence-corrected chi connectivity index (χ0v) is 8.21. The molecule has 1 aromatic heterocycles. The Bertz CT molecular complexity index is 233. The maximum Gasteiger partial charge on any atom is 0.130 e. The van der Waals surface area contributed by atoms with E-state index >= 15 is 0 Å². The molecule has 1 rings (SSSR count). The zero-order chi connectivity index (χ0) is 8.10. The Balaban J connectivity index is 2.58. The number of hydrogen-bond donors (Lipinski definition) is 1. The van der Waals surface area contributed by atoms with E-state index in [2.05, 4.69) is 39.5 Å². The second-order valence-electron chi connectivity index (χ2n) is 2.08. The first-order chi connectivity index (χ1) is 5.33. The molecule has 0 aromatic carbocycles. The molecule has 0 aliphatic heterocycles. The predicted octanol–water partition coefficient (Wildman–Crippen LogP) is 2.44. The summed E-state index contributed by atoms with van der Waals surface area (Å²) in [5.74, 6) is 0.856. The van der Waals surface area contributed by atoms with Crippen LogP contribution in [0.15, 0.2) is 36.7 Å². The molecule has 58 valence electrons. The Hall–Kier alpha value is -0.580. The number of anilines is 1. The molecule has 1 aromatic rings. The lowest BCUT2D eigenvalue weighted by Crippen LogP contribution is -1.99. The second-order valence-corrected chi connectivity index (χ2v) is 2.84. The van der Waals surface area contributed by atoms with Gasteiger partial charge in [0.2, 0.25) is 0 Å². The summed E-state index contributed by atoms with van der Waals surface area (Å²) in [5, 5.41) is 3.08. The fourth-order valence-electron chi connectivity index (χ4n) is 0.651. The summed E-state index contributed by atoms with van der Waals surface area (Å²) in [7, 11) is 0. The van der Waals surface area contributed by atoms with E-state index < -0.39 is 0 Å². The van der Waals surface area contributed by atoms with Gasteiger partial charge in [-0.1, -0.05) is 35.2 Å². The van der Waals surface area contributed by atoms with Gasteiger partial charge in [-0.05, 0) is 12.1 Å². The normalized spacial score (nSPS) is 9.18. The van der Waals surface area contributed by atoms with Crippen LogP contribution in [0.1, 0.15) is 0 Å². The van der Waals surface area contributed by atoms with Gasteiger partial charge >= 0.3 is 0 Å². The smallest absolute Gasteiger partial charge is 0.130 e. The maximum absolute atomic E-state index is 4.09. The van der Waals surface area contributed by atoms with Crippen LogP contribution in [0.3, 0.4) is 0 Å². The minimum absolute atomic E-state index is 0.856. The lowest BCUT2D eigenvalue weighted by atomic mass is 10.4. The Morgan fingerprint density at radius 3 is 3.00 bits per heavy atom. The van der Waals surface area contributed by atoms with E-state index in [4.69, 9.17) is 0 Å². The lowest BCUT2D eigenvalue weighted by molar-refractivity contribution is 1.27. The molecule has 0 saturated heterocycles. The fourth-order valence-corrected chi connectivity index (χ4v) is 0.842. The van der Waals surface area contributed by atoms with Crippen molar-refractivity contribution < 1.29 is 0 Å². The van der Waals surface area contributed by atoms with Gasteiger partial charge in [-0.25, -0.2) is 4.98 Å². The van der Waals surface area contributed by atoms with E-state index in [-0.39, 0.29) is 0 Å². The van der Waals surface area contributed by atoms with E-state index in [0.29, 0.717) is 0 Å². The number of nitrogens with one attached hydrogen (secondary N) is 1. The molecule has 0 spiro atoms. The Morgan fingerprint density at radius 2 is 2.45 bits per heavy atom. The number of pyridine rings is 1. The highest BCUT2D eigenvalue weighted by molar-refractivity contribution is 14.1. The number of allylic oxidation sites excluding steroid dienone is 1. The Kier molecular flexibility index (Phi) is 3.35. The van der Waals surface area contributed by atoms with Crippen LogP contribution in [-0.4, -0.2) is 9.41 Å². The zero-order valence-electron chi connectivity index (χ0n) is 6.05. The van der Waals surface area contributed by atoms with E-state index in [1.165, 1.54) is 0 Å². The molecule has 0 fully saturated rings. The molecule has 0 unspecified atom stereocenters. The summed E-state index contributed by atoms with van der Waals surface area (Å²) < 4.78 is 0.897. The van der Waals surface area contributed by atoms with Crippen molar-refractivity contribution in [3.8, 4) is 0 Å². The number of rotatable bonds is 3. The van der Waals surface area contributed by atoms with Crippen molar-refractivity contribution in [2.45, 2.75) is 0 Å². The van der Waals surface area contributed by atoms with Crippen molar-refractivity contribution >= 4 is 28.4 Å². The average molecular weight is 260 g/mol. The molecule has 11 heavy (non-hydrogen) atoms. The molecular formula is C8H9IN2. The molecule has 0 bridgehead atoms. The van der Waals surface area contributed by atoms with Crippen molar-refractivity contribution in [3.05, 3.63) is 36.7 Å². The van der Waals surface area contributed by atoms with Crippen molar-refractivity contribution in [3.63, 3.8) is 0 Å². The van der Waals surface area contributed by atoms with Crippen LogP contribution in [0, 0.1) is 0 Å². The van der Waals surface area contributed by atoms with Crippen LogP contribution in [-0.2, 0) is 0 Å². The Morgan fingerprint density at radius 1 is 1.64 bits per heavy atom. The quantitative estimate of drug-likeness (QED) is 0.667. The molecule has 0 aliphatic carbocycles. The fraction of sp³-hybridized carbons (Fsp3) is 0.125. The van der Waals surface area contributed by atoms with Crippen molar-refractivity contribution in [2.75, 3.05) is 9.74 Å². The van der Waals surface area contributed by atoms with Gasteiger partial charge in [0, 0.05) is 16.3 Å². The lowest BCUT2D eigenvalue weighted by Gasteiger charge is -2.03. The molecule has 0 atom stereocenters. The first-order valence-electron chi connectivity index (χ1n) is 3.24. The summed E-state index contributed by atoms with van der Waals surface area (Å²) in [4.78, 5) is 4.09. The third-order valence-electron chi connectivity index (χ3n) is 1.13.